The Kier molecular flexibility index (Phi) is 3.82. The van der Waals surface area contributed by atoms with E-state index in [1.807, 2.05) is 12.1 Å². The highest BCUT2D eigenvalue weighted by atomic mass is 19.3. The fourth-order valence-electron chi connectivity index (χ4n) is 3.43. The normalized spacial score (nSPS) is 17.2. The third-order valence-corrected chi connectivity index (χ3v) is 5.50. The van der Waals surface area contributed by atoms with Crippen LogP contribution in [0.2, 0.25) is 0 Å². The van der Waals surface area contributed by atoms with Gasteiger partial charge in [-0.15, -0.1) is 0 Å². The Morgan fingerprint density at radius 2 is 2.11 bits per heavy atom. The van der Waals surface area contributed by atoms with Crippen molar-refractivity contribution >= 4 is 23.0 Å². The first-order chi connectivity index (χ1) is 13.5. The Labute approximate surface area is 160 Å². The van der Waals surface area contributed by atoms with Gasteiger partial charge in [-0.1, -0.05) is 13.0 Å². The Hall–Kier alpha value is -3.03. The van der Waals surface area contributed by atoms with Crippen LogP contribution in [0.5, 0.6) is 0 Å². The number of pyridine rings is 1. The molecule has 2 aliphatic rings. The highest BCUT2D eigenvalue weighted by molar-refractivity contribution is 5.87. The van der Waals surface area contributed by atoms with Crippen LogP contribution >= 0.6 is 0 Å². The van der Waals surface area contributed by atoms with E-state index in [-0.39, 0.29) is 5.69 Å². The molecule has 5 rings (SSSR count). The van der Waals surface area contributed by atoms with Crippen molar-refractivity contribution in [3.8, 4) is 0 Å². The summed E-state index contributed by atoms with van der Waals surface area (Å²) in [5, 5.41) is 6.59. The van der Waals surface area contributed by atoms with Gasteiger partial charge in [-0.25, -0.2) is 18.7 Å². The SMILES string of the molecule is CC1(CNc2ncc3c(n2)NCC=C3c2ccc3ncc(C(F)F)n3c2)CC1. The minimum atomic E-state index is -2.58. The predicted molar refractivity (Wildman–Crippen MR) is 104 cm³/mol. The van der Waals surface area contributed by atoms with Gasteiger partial charge in [-0.2, -0.15) is 4.98 Å². The molecule has 0 bridgehead atoms. The van der Waals surface area contributed by atoms with Crippen LogP contribution < -0.4 is 10.6 Å². The minimum Gasteiger partial charge on any atom is -0.366 e. The lowest BCUT2D eigenvalue weighted by molar-refractivity contribution is 0.145. The molecule has 0 aromatic carbocycles. The standard InChI is InChI=1S/C20H20F2N6/c1-20(5-6-20)11-26-19-25-8-14-13(4-7-23-18(14)27-19)12-2-3-16-24-9-15(17(21)22)28(16)10-12/h2-4,8-10,17H,5-7,11H2,1H3,(H2,23,25,26,27). The second-order valence-electron chi connectivity index (χ2n) is 7.75. The van der Waals surface area contributed by atoms with Crippen molar-refractivity contribution in [2.45, 2.75) is 26.2 Å². The van der Waals surface area contributed by atoms with Crippen molar-refractivity contribution in [1.29, 1.82) is 0 Å². The van der Waals surface area contributed by atoms with Crippen LogP contribution in [0.15, 0.2) is 36.8 Å². The van der Waals surface area contributed by atoms with Gasteiger partial charge < -0.3 is 10.6 Å². The van der Waals surface area contributed by atoms with Gasteiger partial charge in [-0.05, 0) is 41.5 Å². The largest absolute Gasteiger partial charge is 0.366 e. The molecule has 0 spiro atoms. The molecule has 1 aliphatic heterocycles. The first-order valence-corrected chi connectivity index (χ1v) is 9.33. The van der Waals surface area contributed by atoms with Crippen molar-refractivity contribution in [2.24, 2.45) is 5.41 Å². The lowest BCUT2D eigenvalue weighted by Crippen LogP contribution is -2.17. The van der Waals surface area contributed by atoms with Gasteiger partial charge in [-0.3, -0.25) is 4.40 Å². The molecule has 3 aromatic rings. The Morgan fingerprint density at radius 1 is 1.25 bits per heavy atom. The molecule has 8 heteroatoms. The summed E-state index contributed by atoms with van der Waals surface area (Å²) >= 11 is 0. The zero-order valence-electron chi connectivity index (χ0n) is 15.4. The molecule has 0 amide bonds. The van der Waals surface area contributed by atoms with Crippen LogP contribution in [0.3, 0.4) is 0 Å². The summed E-state index contributed by atoms with van der Waals surface area (Å²) in [7, 11) is 0. The maximum atomic E-state index is 13.2. The number of nitrogens with one attached hydrogen (secondary N) is 2. The quantitative estimate of drug-likeness (QED) is 0.695. The average molecular weight is 382 g/mol. The number of hydrogen-bond acceptors (Lipinski definition) is 5. The van der Waals surface area contributed by atoms with Crippen molar-refractivity contribution in [2.75, 3.05) is 23.7 Å². The molecule has 6 nitrogen and oxygen atoms in total. The number of alkyl halides is 2. The molecule has 3 aromatic heterocycles. The highest BCUT2D eigenvalue weighted by Gasteiger charge is 2.37. The Balaban J connectivity index is 1.47. The minimum absolute atomic E-state index is 0.115. The molecule has 0 radical (unpaired) electrons. The molecule has 0 unspecified atom stereocenters. The molecule has 144 valence electrons. The maximum Gasteiger partial charge on any atom is 0.280 e. The second-order valence-corrected chi connectivity index (χ2v) is 7.75. The van der Waals surface area contributed by atoms with Crippen LogP contribution in [0.4, 0.5) is 20.5 Å². The summed E-state index contributed by atoms with van der Waals surface area (Å²) in [6.07, 6.45) is 6.60. The summed E-state index contributed by atoms with van der Waals surface area (Å²) in [5.74, 6) is 1.35. The number of nitrogens with zero attached hydrogens (tertiary/aromatic N) is 4. The van der Waals surface area contributed by atoms with Gasteiger partial charge >= 0.3 is 0 Å². The van der Waals surface area contributed by atoms with E-state index >= 15 is 0 Å². The second kappa shape index (κ2) is 6.25. The maximum absolute atomic E-state index is 13.2. The number of aromatic nitrogens is 4. The number of imidazole rings is 1. The summed E-state index contributed by atoms with van der Waals surface area (Å²) in [6.45, 7) is 3.72. The molecule has 4 heterocycles. The van der Waals surface area contributed by atoms with Crippen LogP contribution in [0.25, 0.3) is 11.2 Å². The zero-order chi connectivity index (χ0) is 19.3. The van der Waals surface area contributed by atoms with Crippen LogP contribution in [-0.4, -0.2) is 32.4 Å². The van der Waals surface area contributed by atoms with E-state index in [1.165, 1.54) is 23.4 Å². The lowest BCUT2D eigenvalue weighted by Gasteiger charge is -2.20. The number of halogens is 2. The summed E-state index contributed by atoms with van der Waals surface area (Å²) in [6, 6.07) is 3.63. The van der Waals surface area contributed by atoms with E-state index in [1.54, 1.807) is 18.5 Å². The zero-order valence-corrected chi connectivity index (χ0v) is 15.4. The van der Waals surface area contributed by atoms with Gasteiger partial charge in [0.1, 0.15) is 17.2 Å². The topological polar surface area (TPSA) is 67.1 Å². The summed E-state index contributed by atoms with van der Waals surface area (Å²) in [5.41, 5.74) is 3.34. The van der Waals surface area contributed by atoms with E-state index in [2.05, 4.69) is 32.5 Å². The third-order valence-electron chi connectivity index (χ3n) is 5.50. The Morgan fingerprint density at radius 3 is 2.89 bits per heavy atom. The summed E-state index contributed by atoms with van der Waals surface area (Å²) < 4.78 is 27.9. The molecule has 0 atom stereocenters. The average Bonchev–Trinajstić information content (AvgIpc) is 3.28. The van der Waals surface area contributed by atoms with Gasteiger partial charge in [0.2, 0.25) is 5.95 Å². The summed E-state index contributed by atoms with van der Waals surface area (Å²) in [4.78, 5) is 13.1. The van der Waals surface area contributed by atoms with E-state index in [0.29, 0.717) is 23.6 Å². The molecule has 1 fully saturated rings. The molecular formula is C20H20F2N6. The number of rotatable bonds is 5. The molecule has 1 saturated carbocycles. The predicted octanol–water partition coefficient (Wildman–Crippen LogP) is 4.13. The molecule has 1 aliphatic carbocycles. The smallest absolute Gasteiger partial charge is 0.280 e. The van der Waals surface area contributed by atoms with Crippen molar-refractivity contribution < 1.29 is 8.78 Å². The molecular weight excluding hydrogens is 362 g/mol. The van der Waals surface area contributed by atoms with Crippen molar-refractivity contribution in [3.05, 3.63) is 53.6 Å². The number of hydrogen-bond donors (Lipinski definition) is 2. The van der Waals surface area contributed by atoms with E-state index in [0.717, 1.165) is 29.1 Å². The van der Waals surface area contributed by atoms with Crippen LogP contribution in [-0.2, 0) is 0 Å². The first-order valence-electron chi connectivity index (χ1n) is 9.33. The lowest BCUT2D eigenvalue weighted by atomic mass is 9.98. The third kappa shape index (κ3) is 2.98. The van der Waals surface area contributed by atoms with Crippen molar-refractivity contribution in [1.82, 2.24) is 19.4 Å². The molecule has 2 N–H and O–H groups in total. The van der Waals surface area contributed by atoms with Gasteiger partial charge in [0.15, 0.2) is 0 Å². The van der Waals surface area contributed by atoms with Gasteiger partial charge in [0.05, 0.1) is 6.20 Å². The highest BCUT2D eigenvalue weighted by Crippen LogP contribution is 2.44. The number of fused-ring (bicyclic) bond motifs is 2. The van der Waals surface area contributed by atoms with Crippen LogP contribution in [0.1, 0.15) is 43.0 Å². The van der Waals surface area contributed by atoms with E-state index in [9.17, 15) is 8.78 Å². The van der Waals surface area contributed by atoms with E-state index < -0.39 is 6.43 Å². The number of anilines is 2. The molecule has 28 heavy (non-hydrogen) atoms. The Bertz CT molecular complexity index is 1080. The fraction of sp³-hybridized carbons (Fsp3) is 0.350. The van der Waals surface area contributed by atoms with Crippen LogP contribution in [0, 0.1) is 5.41 Å². The monoisotopic (exact) mass is 382 g/mol. The van der Waals surface area contributed by atoms with Crippen molar-refractivity contribution in [3.63, 3.8) is 0 Å². The van der Waals surface area contributed by atoms with Gasteiger partial charge in [0, 0.05) is 31.0 Å². The fourth-order valence-corrected chi connectivity index (χ4v) is 3.43. The van der Waals surface area contributed by atoms with Gasteiger partial charge in [0.25, 0.3) is 6.43 Å². The van der Waals surface area contributed by atoms with E-state index in [4.69, 9.17) is 0 Å². The first kappa shape index (κ1) is 17.1. The molecule has 0 saturated heterocycles.